The van der Waals surface area contributed by atoms with E-state index in [9.17, 15) is 9.90 Å². The zero-order valence-electron chi connectivity index (χ0n) is 8.72. The van der Waals surface area contributed by atoms with Gasteiger partial charge in [0.25, 0.3) is 5.91 Å². The van der Waals surface area contributed by atoms with Crippen molar-refractivity contribution in [3.05, 3.63) is 53.2 Å². The molecule has 0 aliphatic carbocycles. The standard InChI is InChI=1S/C12H9ClN2O2/c13-10-5-2-6-14-11(10)15-12(17)8-3-1-4-9(16)7-8/h1-7,16H,(H,14,15,17). The van der Waals surface area contributed by atoms with Crippen LogP contribution in [0.1, 0.15) is 10.4 Å². The first-order chi connectivity index (χ1) is 8.16. The summed E-state index contributed by atoms with van der Waals surface area (Å²) < 4.78 is 0. The van der Waals surface area contributed by atoms with Crippen LogP contribution in [0.2, 0.25) is 5.02 Å². The largest absolute Gasteiger partial charge is 0.508 e. The minimum atomic E-state index is -0.374. The number of pyridine rings is 1. The van der Waals surface area contributed by atoms with Gasteiger partial charge in [0, 0.05) is 11.8 Å². The highest BCUT2D eigenvalue weighted by atomic mass is 35.5. The monoisotopic (exact) mass is 248 g/mol. The third kappa shape index (κ3) is 2.73. The van der Waals surface area contributed by atoms with E-state index in [1.807, 2.05) is 0 Å². The number of hydrogen-bond acceptors (Lipinski definition) is 3. The van der Waals surface area contributed by atoms with Crippen LogP contribution in [-0.2, 0) is 0 Å². The number of rotatable bonds is 2. The lowest BCUT2D eigenvalue weighted by Crippen LogP contribution is -2.13. The molecule has 1 heterocycles. The average molecular weight is 249 g/mol. The van der Waals surface area contributed by atoms with E-state index in [2.05, 4.69) is 10.3 Å². The summed E-state index contributed by atoms with van der Waals surface area (Å²) in [6.07, 6.45) is 1.53. The van der Waals surface area contributed by atoms with Crippen LogP contribution in [0.3, 0.4) is 0 Å². The van der Waals surface area contributed by atoms with Crippen molar-refractivity contribution in [2.45, 2.75) is 0 Å². The van der Waals surface area contributed by atoms with Gasteiger partial charge in [0.2, 0.25) is 0 Å². The van der Waals surface area contributed by atoms with E-state index in [-0.39, 0.29) is 11.7 Å². The van der Waals surface area contributed by atoms with Crippen LogP contribution in [0.15, 0.2) is 42.6 Å². The molecular weight excluding hydrogens is 240 g/mol. The second-order valence-corrected chi connectivity index (χ2v) is 3.75. The van der Waals surface area contributed by atoms with Crippen molar-refractivity contribution >= 4 is 23.3 Å². The Kier molecular flexibility index (Phi) is 3.25. The Morgan fingerprint density at radius 3 is 2.82 bits per heavy atom. The predicted octanol–water partition coefficient (Wildman–Crippen LogP) is 2.69. The Morgan fingerprint density at radius 1 is 1.29 bits per heavy atom. The topological polar surface area (TPSA) is 62.2 Å². The molecule has 86 valence electrons. The molecule has 0 saturated carbocycles. The molecule has 5 heteroatoms. The summed E-state index contributed by atoms with van der Waals surface area (Å²) in [6.45, 7) is 0. The average Bonchev–Trinajstić information content (AvgIpc) is 2.32. The Hall–Kier alpha value is -2.07. The number of anilines is 1. The molecule has 2 N–H and O–H groups in total. The number of aromatic nitrogens is 1. The van der Waals surface area contributed by atoms with Gasteiger partial charge in [0.15, 0.2) is 5.82 Å². The number of hydrogen-bond donors (Lipinski definition) is 2. The smallest absolute Gasteiger partial charge is 0.256 e. The van der Waals surface area contributed by atoms with Gasteiger partial charge in [-0.2, -0.15) is 0 Å². The molecule has 1 amide bonds. The number of amides is 1. The van der Waals surface area contributed by atoms with Crippen molar-refractivity contribution in [1.82, 2.24) is 4.98 Å². The molecule has 0 fully saturated rings. The van der Waals surface area contributed by atoms with Gasteiger partial charge >= 0.3 is 0 Å². The molecule has 0 aliphatic heterocycles. The lowest BCUT2D eigenvalue weighted by molar-refractivity contribution is 0.102. The second-order valence-electron chi connectivity index (χ2n) is 3.34. The van der Waals surface area contributed by atoms with Gasteiger partial charge in [0.05, 0.1) is 5.02 Å². The minimum Gasteiger partial charge on any atom is -0.508 e. The maximum absolute atomic E-state index is 11.8. The van der Waals surface area contributed by atoms with Crippen molar-refractivity contribution in [2.24, 2.45) is 0 Å². The van der Waals surface area contributed by atoms with Gasteiger partial charge in [-0.05, 0) is 30.3 Å². The van der Waals surface area contributed by atoms with Gasteiger partial charge in [0.1, 0.15) is 5.75 Å². The molecule has 1 aromatic heterocycles. The lowest BCUT2D eigenvalue weighted by atomic mass is 10.2. The number of nitrogens with one attached hydrogen (secondary N) is 1. The first-order valence-corrected chi connectivity index (χ1v) is 5.25. The van der Waals surface area contributed by atoms with E-state index >= 15 is 0 Å². The minimum absolute atomic E-state index is 0.0322. The van der Waals surface area contributed by atoms with Crippen molar-refractivity contribution < 1.29 is 9.90 Å². The third-order valence-corrected chi connectivity index (χ3v) is 2.40. The van der Waals surface area contributed by atoms with Gasteiger partial charge in [-0.3, -0.25) is 4.79 Å². The molecule has 0 unspecified atom stereocenters. The molecule has 0 atom stereocenters. The molecule has 1 aromatic carbocycles. The Morgan fingerprint density at radius 2 is 2.12 bits per heavy atom. The summed E-state index contributed by atoms with van der Waals surface area (Å²) in [5, 5.41) is 12.2. The van der Waals surface area contributed by atoms with Crippen molar-refractivity contribution in [3.63, 3.8) is 0 Å². The quantitative estimate of drug-likeness (QED) is 0.859. The van der Waals surface area contributed by atoms with E-state index in [0.717, 1.165) is 0 Å². The van der Waals surface area contributed by atoms with Gasteiger partial charge in [-0.15, -0.1) is 0 Å². The fraction of sp³-hybridized carbons (Fsp3) is 0. The Balaban J connectivity index is 2.20. The number of carbonyl (C=O) groups is 1. The van der Waals surface area contributed by atoms with E-state index < -0.39 is 0 Å². The fourth-order valence-corrected chi connectivity index (χ4v) is 1.47. The summed E-state index contributed by atoms with van der Waals surface area (Å²) in [6, 6.07) is 9.34. The van der Waals surface area contributed by atoms with Crippen molar-refractivity contribution in [1.29, 1.82) is 0 Å². The van der Waals surface area contributed by atoms with E-state index in [0.29, 0.717) is 16.4 Å². The molecule has 0 bridgehead atoms. The number of carbonyl (C=O) groups excluding carboxylic acids is 1. The van der Waals surface area contributed by atoms with Crippen LogP contribution in [0, 0.1) is 0 Å². The summed E-state index contributed by atoms with van der Waals surface area (Å²) in [4.78, 5) is 15.7. The highest BCUT2D eigenvalue weighted by Crippen LogP contribution is 2.19. The van der Waals surface area contributed by atoms with Gasteiger partial charge in [-0.1, -0.05) is 17.7 Å². The van der Waals surface area contributed by atoms with E-state index in [4.69, 9.17) is 11.6 Å². The van der Waals surface area contributed by atoms with Crippen LogP contribution in [0.5, 0.6) is 5.75 Å². The van der Waals surface area contributed by atoms with Crippen LogP contribution >= 0.6 is 11.6 Å². The SMILES string of the molecule is O=C(Nc1ncccc1Cl)c1cccc(O)c1. The van der Waals surface area contributed by atoms with Crippen LogP contribution in [0.4, 0.5) is 5.82 Å². The maximum Gasteiger partial charge on any atom is 0.256 e. The zero-order valence-corrected chi connectivity index (χ0v) is 9.48. The predicted molar refractivity (Wildman–Crippen MR) is 65.3 cm³/mol. The Labute approximate surface area is 103 Å². The summed E-state index contributed by atoms with van der Waals surface area (Å²) >= 11 is 5.86. The van der Waals surface area contributed by atoms with Crippen molar-refractivity contribution in [2.75, 3.05) is 5.32 Å². The summed E-state index contributed by atoms with van der Waals surface area (Å²) in [5.41, 5.74) is 0.340. The molecule has 0 spiro atoms. The second kappa shape index (κ2) is 4.84. The number of benzene rings is 1. The lowest BCUT2D eigenvalue weighted by Gasteiger charge is -2.05. The molecule has 2 aromatic rings. The van der Waals surface area contributed by atoms with Crippen LogP contribution in [-0.4, -0.2) is 16.0 Å². The third-order valence-electron chi connectivity index (χ3n) is 2.10. The normalized spacial score (nSPS) is 9.94. The van der Waals surface area contributed by atoms with E-state index in [1.165, 1.54) is 18.3 Å². The molecular formula is C12H9ClN2O2. The van der Waals surface area contributed by atoms with Crippen LogP contribution < -0.4 is 5.32 Å². The number of halogens is 1. The van der Waals surface area contributed by atoms with E-state index in [1.54, 1.807) is 24.3 Å². The maximum atomic E-state index is 11.8. The fourth-order valence-electron chi connectivity index (χ4n) is 1.30. The Bertz CT molecular complexity index is 558. The van der Waals surface area contributed by atoms with Crippen molar-refractivity contribution in [3.8, 4) is 5.75 Å². The summed E-state index contributed by atoms with van der Waals surface area (Å²) in [7, 11) is 0. The van der Waals surface area contributed by atoms with Crippen LogP contribution in [0.25, 0.3) is 0 Å². The molecule has 2 rings (SSSR count). The zero-order chi connectivity index (χ0) is 12.3. The highest BCUT2D eigenvalue weighted by Gasteiger charge is 2.09. The molecule has 0 aliphatic rings. The first kappa shape index (κ1) is 11.4. The highest BCUT2D eigenvalue weighted by molar-refractivity contribution is 6.33. The van der Waals surface area contributed by atoms with Gasteiger partial charge < -0.3 is 10.4 Å². The molecule has 17 heavy (non-hydrogen) atoms. The number of aromatic hydroxyl groups is 1. The first-order valence-electron chi connectivity index (χ1n) is 4.88. The molecule has 4 nitrogen and oxygen atoms in total. The van der Waals surface area contributed by atoms with Gasteiger partial charge in [-0.25, -0.2) is 4.98 Å². The molecule has 0 radical (unpaired) electrons. The number of nitrogens with zero attached hydrogens (tertiary/aromatic N) is 1. The summed E-state index contributed by atoms with van der Waals surface area (Å²) in [5.74, 6) is -0.0474. The molecule has 0 saturated heterocycles. The number of phenolic OH excluding ortho intramolecular Hbond substituents is 1. The number of phenols is 1.